The monoisotopic (exact) mass is 160 g/mol. The summed E-state index contributed by atoms with van der Waals surface area (Å²) in [6.45, 7) is 7.06. The van der Waals surface area contributed by atoms with Crippen LogP contribution in [0.4, 0.5) is 0 Å². The van der Waals surface area contributed by atoms with E-state index in [-0.39, 0.29) is 5.60 Å². The molecule has 1 amide bonds. The second kappa shape index (κ2) is 5.09. The standard InChI is InChI=1S/C7H16N2O2/c1-7(2,3)11-9-5-4-8-6-10/h6,9H,4-5H2,1-3H3,(H,8,10). The van der Waals surface area contributed by atoms with E-state index in [4.69, 9.17) is 4.84 Å². The zero-order chi connectivity index (χ0) is 8.74. The number of hydrogen-bond donors (Lipinski definition) is 2. The molecular formula is C7H16N2O2. The van der Waals surface area contributed by atoms with Crippen LogP contribution in [0.3, 0.4) is 0 Å². The second-order valence-corrected chi connectivity index (χ2v) is 3.18. The first-order valence-corrected chi connectivity index (χ1v) is 3.64. The second-order valence-electron chi connectivity index (χ2n) is 3.18. The molecule has 0 radical (unpaired) electrons. The maximum Gasteiger partial charge on any atom is 0.207 e. The van der Waals surface area contributed by atoms with Gasteiger partial charge < -0.3 is 5.32 Å². The van der Waals surface area contributed by atoms with Crippen molar-refractivity contribution in [1.29, 1.82) is 0 Å². The van der Waals surface area contributed by atoms with Crippen LogP contribution in [0.2, 0.25) is 0 Å². The number of hydrogen-bond acceptors (Lipinski definition) is 3. The summed E-state index contributed by atoms with van der Waals surface area (Å²) in [5, 5.41) is 2.51. The van der Waals surface area contributed by atoms with Gasteiger partial charge in [-0.3, -0.25) is 9.63 Å². The smallest absolute Gasteiger partial charge is 0.207 e. The summed E-state index contributed by atoms with van der Waals surface area (Å²) in [6.07, 6.45) is 0.665. The van der Waals surface area contributed by atoms with Gasteiger partial charge in [0.25, 0.3) is 0 Å². The lowest BCUT2D eigenvalue weighted by Gasteiger charge is -2.19. The van der Waals surface area contributed by atoms with E-state index in [0.717, 1.165) is 0 Å². The molecule has 0 aliphatic rings. The molecule has 0 aromatic heterocycles. The normalized spacial score (nSPS) is 11.2. The summed E-state index contributed by atoms with van der Waals surface area (Å²) < 4.78 is 0. The Morgan fingerprint density at radius 3 is 2.45 bits per heavy atom. The molecule has 0 aromatic rings. The molecule has 0 atom stereocenters. The highest BCUT2D eigenvalue weighted by Crippen LogP contribution is 2.02. The first kappa shape index (κ1) is 10.4. The van der Waals surface area contributed by atoms with Crippen LogP contribution in [0.25, 0.3) is 0 Å². The van der Waals surface area contributed by atoms with Crippen molar-refractivity contribution in [3.05, 3.63) is 0 Å². The maximum absolute atomic E-state index is 9.79. The van der Waals surface area contributed by atoms with E-state index in [2.05, 4.69) is 10.8 Å². The van der Waals surface area contributed by atoms with Gasteiger partial charge in [0.05, 0.1) is 5.60 Å². The van der Waals surface area contributed by atoms with E-state index < -0.39 is 0 Å². The molecule has 0 aromatic carbocycles. The van der Waals surface area contributed by atoms with Gasteiger partial charge in [0, 0.05) is 13.1 Å². The fraction of sp³-hybridized carbons (Fsp3) is 0.857. The zero-order valence-corrected chi connectivity index (χ0v) is 7.31. The highest BCUT2D eigenvalue weighted by Gasteiger charge is 2.08. The Balaban J connectivity index is 3.08. The van der Waals surface area contributed by atoms with Crippen LogP contribution in [0.1, 0.15) is 20.8 Å². The molecule has 4 heteroatoms. The molecule has 0 spiro atoms. The lowest BCUT2D eigenvalue weighted by molar-refractivity contribution is -0.109. The molecule has 4 nitrogen and oxygen atoms in total. The van der Waals surface area contributed by atoms with E-state index >= 15 is 0 Å². The SMILES string of the molecule is CC(C)(C)ONCCNC=O. The average molecular weight is 160 g/mol. The minimum Gasteiger partial charge on any atom is -0.357 e. The third-order valence-corrected chi connectivity index (χ3v) is 0.833. The van der Waals surface area contributed by atoms with Crippen LogP contribution in [-0.2, 0) is 9.63 Å². The van der Waals surface area contributed by atoms with E-state index in [9.17, 15) is 4.79 Å². The van der Waals surface area contributed by atoms with E-state index in [1.807, 2.05) is 20.8 Å². The van der Waals surface area contributed by atoms with Gasteiger partial charge in [-0.05, 0) is 20.8 Å². The van der Waals surface area contributed by atoms with Crippen molar-refractivity contribution in [3.63, 3.8) is 0 Å². The van der Waals surface area contributed by atoms with Crippen LogP contribution in [-0.4, -0.2) is 25.1 Å². The van der Waals surface area contributed by atoms with Gasteiger partial charge in [-0.1, -0.05) is 0 Å². The van der Waals surface area contributed by atoms with Crippen molar-refractivity contribution in [3.8, 4) is 0 Å². The summed E-state index contributed by atoms with van der Waals surface area (Å²) in [7, 11) is 0. The number of rotatable bonds is 5. The van der Waals surface area contributed by atoms with Gasteiger partial charge in [-0.2, -0.15) is 0 Å². The fourth-order valence-electron chi connectivity index (χ4n) is 0.450. The summed E-state index contributed by atoms with van der Waals surface area (Å²) in [6, 6.07) is 0. The summed E-state index contributed by atoms with van der Waals surface area (Å²) in [4.78, 5) is 15.0. The Kier molecular flexibility index (Phi) is 4.81. The highest BCUT2D eigenvalue weighted by molar-refractivity contribution is 5.45. The predicted molar refractivity (Wildman–Crippen MR) is 42.9 cm³/mol. The van der Waals surface area contributed by atoms with Crippen LogP contribution in [0.15, 0.2) is 0 Å². The van der Waals surface area contributed by atoms with Gasteiger partial charge in [-0.15, -0.1) is 0 Å². The third kappa shape index (κ3) is 9.39. The van der Waals surface area contributed by atoms with Gasteiger partial charge >= 0.3 is 0 Å². The molecular weight excluding hydrogens is 144 g/mol. The van der Waals surface area contributed by atoms with Crippen LogP contribution in [0.5, 0.6) is 0 Å². The molecule has 0 rings (SSSR count). The summed E-state index contributed by atoms with van der Waals surface area (Å²) in [5.74, 6) is 0. The van der Waals surface area contributed by atoms with Crippen molar-refractivity contribution in [2.45, 2.75) is 26.4 Å². The Hall–Kier alpha value is -0.610. The fourth-order valence-corrected chi connectivity index (χ4v) is 0.450. The Bertz CT molecular complexity index is 109. The van der Waals surface area contributed by atoms with E-state index in [1.165, 1.54) is 0 Å². The third-order valence-electron chi connectivity index (χ3n) is 0.833. The van der Waals surface area contributed by atoms with Crippen molar-refractivity contribution >= 4 is 6.41 Å². The minimum atomic E-state index is -0.179. The van der Waals surface area contributed by atoms with Crippen LogP contribution < -0.4 is 10.8 Å². The number of carbonyl (C=O) groups excluding carboxylic acids is 1. The largest absolute Gasteiger partial charge is 0.357 e. The molecule has 0 bridgehead atoms. The highest BCUT2D eigenvalue weighted by atomic mass is 16.7. The number of hydroxylamine groups is 1. The molecule has 0 aliphatic carbocycles. The zero-order valence-electron chi connectivity index (χ0n) is 7.31. The van der Waals surface area contributed by atoms with Crippen molar-refractivity contribution < 1.29 is 9.63 Å². The molecule has 66 valence electrons. The molecule has 0 saturated carbocycles. The van der Waals surface area contributed by atoms with Crippen LogP contribution >= 0.6 is 0 Å². The first-order valence-electron chi connectivity index (χ1n) is 3.64. The van der Waals surface area contributed by atoms with Gasteiger partial charge in [0.15, 0.2) is 0 Å². The Morgan fingerprint density at radius 2 is 2.00 bits per heavy atom. The number of carbonyl (C=O) groups is 1. The minimum absolute atomic E-state index is 0.179. The number of nitrogens with one attached hydrogen (secondary N) is 2. The number of amides is 1. The first-order chi connectivity index (χ1) is 5.06. The average Bonchev–Trinajstić information content (AvgIpc) is 1.85. The maximum atomic E-state index is 9.79. The summed E-state index contributed by atoms with van der Waals surface area (Å²) in [5.41, 5.74) is 2.56. The Labute approximate surface area is 67.3 Å². The van der Waals surface area contributed by atoms with Gasteiger partial charge in [0.2, 0.25) is 6.41 Å². The van der Waals surface area contributed by atoms with E-state index in [1.54, 1.807) is 0 Å². The molecule has 0 saturated heterocycles. The Morgan fingerprint density at radius 1 is 1.36 bits per heavy atom. The lowest BCUT2D eigenvalue weighted by atomic mass is 10.2. The predicted octanol–water partition coefficient (Wildman–Crippen LogP) is 0.0521. The lowest BCUT2D eigenvalue weighted by Crippen LogP contribution is -2.33. The van der Waals surface area contributed by atoms with Crippen molar-refractivity contribution in [2.24, 2.45) is 0 Å². The molecule has 0 unspecified atom stereocenters. The van der Waals surface area contributed by atoms with E-state index in [0.29, 0.717) is 19.5 Å². The molecule has 0 heterocycles. The van der Waals surface area contributed by atoms with Crippen molar-refractivity contribution in [2.75, 3.05) is 13.1 Å². The van der Waals surface area contributed by atoms with Crippen LogP contribution in [0, 0.1) is 0 Å². The molecule has 2 N–H and O–H groups in total. The molecule has 0 fully saturated rings. The molecule has 0 aliphatic heterocycles. The van der Waals surface area contributed by atoms with Gasteiger partial charge in [0.1, 0.15) is 0 Å². The van der Waals surface area contributed by atoms with Crippen molar-refractivity contribution in [1.82, 2.24) is 10.8 Å². The molecule has 11 heavy (non-hydrogen) atoms. The van der Waals surface area contributed by atoms with Gasteiger partial charge in [-0.25, -0.2) is 5.48 Å². The quantitative estimate of drug-likeness (QED) is 0.339. The topological polar surface area (TPSA) is 50.4 Å². The summed E-state index contributed by atoms with van der Waals surface area (Å²) >= 11 is 0.